The van der Waals surface area contributed by atoms with E-state index in [1.807, 2.05) is 38.1 Å². The van der Waals surface area contributed by atoms with Gasteiger partial charge in [0.2, 0.25) is 5.91 Å². The van der Waals surface area contributed by atoms with Gasteiger partial charge in [-0.15, -0.1) is 0 Å². The maximum Gasteiger partial charge on any atom is 0.242 e. The largest absolute Gasteiger partial charge is 0.348 e. The van der Waals surface area contributed by atoms with E-state index in [9.17, 15) is 4.79 Å². The molecule has 5 nitrogen and oxygen atoms in total. The zero-order valence-electron chi connectivity index (χ0n) is 12.0. The third-order valence-corrected chi connectivity index (χ3v) is 3.38. The molecule has 0 saturated heterocycles. The molecule has 2 rings (SSSR count). The van der Waals surface area contributed by atoms with Crippen molar-refractivity contribution in [2.45, 2.75) is 25.9 Å². The molecule has 3 N–H and O–H groups in total. The Morgan fingerprint density at radius 2 is 2.10 bits per heavy atom. The fourth-order valence-electron chi connectivity index (χ4n) is 2.21. The number of nitrogens with two attached hydrogens (primary N) is 1. The van der Waals surface area contributed by atoms with Gasteiger partial charge in [0.25, 0.3) is 0 Å². The Balaban J connectivity index is 2.06. The van der Waals surface area contributed by atoms with Crippen LogP contribution < -0.4 is 11.1 Å². The average molecular weight is 272 g/mol. The van der Waals surface area contributed by atoms with E-state index in [1.54, 1.807) is 24.1 Å². The molecule has 0 bridgehead atoms. The van der Waals surface area contributed by atoms with Gasteiger partial charge in [0.05, 0.1) is 12.2 Å². The van der Waals surface area contributed by atoms with Gasteiger partial charge < -0.3 is 11.1 Å². The second-order valence-electron chi connectivity index (χ2n) is 5.01. The Bertz CT molecular complexity index is 605. The van der Waals surface area contributed by atoms with Gasteiger partial charge in [0.1, 0.15) is 6.04 Å². The summed E-state index contributed by atoms with van der Waals surface area (Å²) < 4.78 is 1.63. The number of hydrogen-bond donors (Lipinski definition) is 2. The topological polar surface area (TPSA) is 72.9 Å². The van der Waals surface area contributed by atoms with Gasteiger partial charge >= 0.3 is 0 Å². The minimum absolute atomic E-state index is 0.0774. The molecule has 106 valence electrons. The smallest absolute Gasteiger partial charge is 0.242 e. The number of carbonyl (C=O) groups excluding carboxylic acids is 1. The lowest BCUT2D eigenvalue weighted by Crippen LogP contribution is -2.35. The first kappa shape index (κ1) is 14.3. The molecule has 0 aliphatic heterocycles. The SMILES string of the molecule is Cc1ccccc1[C@H](C)NC(=O)C(N)c1cnn(C)c1. The highest BCUT2D eigenvalue weighted by molar-refractivity contribution is 5.83. The van der Waals surface area contributed by atoms with Crippen molar-refractivity contribution in [1.29, 1.82) is 0 Å². The van der Waals surface area contributed by atoms with E-state index in [1.165, 1.54) is 0 Å². The number of amides is 1. The molecule has 1 heterocycles. The highest BCUT2D eigenvalue weighted by Gasteiger charge is 2.20. The number of carbonyl (C=O) groups is 1. The average Bonchev–Trinajstić information content (AvgIpc) is 2.84. The van der Waals surface area contributed by atoms with Crippen molar-refractivity contribution in [3.05, 3.63) is 53.3 Å². The van der Waals surface area contributed by atoms with Crippen LogP contribution in [0.1, 0.15) is 35.7 Å². The first-order valence-electron chi connectivity index (χ1n) is 6.59. The van der Waals surface area contributed by atoms with E-state index in [0.717, 1.165) is 11.1 Å². The van der Waals surface area contributed by atoms with E-state index in [2.05, 4.69) is 10.4 Å². The van der Waals surface area contributed by atoms with Crippen LogP contribution in [0.15, 0.2) is 36.7 Å². The molecule has 2 atom stereocenters. The first-order chi connectivity index (χ1) is 9.49. The van der Waals surface area contributed by atoms with Gasteiger partial charge in [-0.3, -0.25) is 9.48 Å². The molecular formula is C15H20N4O. The zero-order valence-corrected chi connectivity index (χ0v) is 12.0. The number of aromatic nitrogens is 2. The van der Waals surface area contributed by atoms with Crippen LogP contribution in [0, 0.1) is 6.92 Å². The number of rotatable bonds is 4. The Labute approximate surface area is 118 Å². The lowest BCUT2D eigenvalue weighted by atomic mass is 10.0. The van der Waals surface area contributed by atoms with Crippen molar-refractivity contribution < 1.29 is 4.79 Å². The molecule has 20 heavy (non-hydrogen) atoms. The van der Waals surface area contributed by atoms with Crippen LogP contribution in [0.4, 0.5) is 0 Å². The van der Waals surface area contributed by atoms with Gasteiger partial charge in [-0.1, -0.05) is 24.3 Å². The molecule has 0 aliphatic carbocycles. The number of hydrogen-bond acceptors (Lipinski definition) is 3. The Kier molecular flexibility index (Phi) is 4.20. The predicted molar refractivity (Wildman–Crippen MR) is 77.9 cm³/mol. The third-order valence-electron chi connectivity index (χ3n) is 3.38. The summed E-state index contributed by atoms with van der Waals surface area (Å²) in [6.07, 6.45) is 3.37. The lowest BCUT2D eigenvalue weighted by molar-refractivity contribution is -0.123. The normalized spacial score (nSPS) is 13.8. The van der Waals surface area contributed by atoms with Crippen LogP contribution in [0.5, 0.6) is 0 Å². The quantitative estimate of drug-likeness (QED) is 0.888. The van der Waals surface area contributed by atoms with E-state index < -0.39 is 6.04 Å². The summed E-state index contributed by atoms with van der Waals surface area (Å²) in [6.45, 7) is 3.98. The van der Waals surface area contributed by atoms with Crippen molar-refractivity contribution in [1.82, 2.24) is 15.1 Å². The van der Waals surface area contributed by atoms with Crippen molar-refractivity contribution in [3.8, 4) is 0 Å². The van der Waals surface area contributed by atoms with Gasteiger partial charge in [0, 0.05) is 18.8 Å². The first-order valence-corrected chi connectivity index (χ1v) is 6.59. The summed E-state index contributed by atoms with van der Waals surface area (Å²) >= 11 is 0. The fraction of sp³-hybridized carbons (Fsp3) is 0.333. The molecule has 0 radical (unpaired) electrons. The predicted octanol–water partition coefficient (Wildman–Crippen LogP) is 1.61. The highest BCUT2D eigenvalue weighted by Crippen LogP contribution is 2.18. The van der Waals surface area contributed by atoms with Gasteiger partial charge in [-0.2, -0.15) is 5.10 Å². The monoisotopic (exact) mass is 272 g/mol. The van der Waals surface area contributed by atoms with E-state index >= 15 is 0 Å². The summed E-state index contributed by atoms with van der Waals surface area (Å²) in [5.41, 5.74) is 8.91. The van der Waals surface area contributed by atoms with Gasteiger partial charge in [-0.25, -0.2) is 0 Å². The molecule has 5 heteroatoms. The van der Waals surface area contributed by atoms with Crippen molar-refractivity contribution in [3.63, 3.8) is 0 Å². The van der Waals surface area contributed by atoms with Crippen LogP contribution >= 0.6 is 0 Å². The van der Waals surface area contributed by atoms with Crippen molar-refractivity contribution >= 4 is 5.91 Å². The zero-order chi connectivity index (χ0) is 14.7. The minimum Gasteiger partial charge on any atom is -0.348 e. The van der Waals surface area contributed by atoms with Crippen molar-refractivity contribution in [2.24, 2.45) is 12.8 Å². The Morgan fingerprint density at radius 1 is 1.40 bits per heavy atom. The maximum absolute atomic E-state index is 12.2. The molecule has 0 fully saturated rings. The second kappa shape index (κ2) is 5.88. The fourth-order valence-corrected chi connectivity index (χ4v) is 2.21. The van der Waals surface area contributed by atoms with Crippen LogP contribution in [0.2, 0.25) is 0 Å². The summed E-state index contributed by atoms with van der Waals surface area (Å²) in [4.78, 5) is 12.2. The maximum atomic E-state index is 12.2. The van der Waals surface area contributed by atoms with E-state index in [0.29, 0.717) is 5.56 Å². The molecule has 0 saturated carbocycles. The summed E-state index contributed by atoms with van der Waals surface area (Å²) in [5.74, 6) is -0.200. The van der Waals surface area contributed by atoms with Crippen molar-refractivity contribution in [2.75, 3.05) is 0 Å². The summed E-state index contributed by atoms with van der Waals surface area (Å²) in [5, 5.41) is 6.97. The van der Waals surface area contributed by atoms with E-state index in [4.69, 9.17) is 5.73 Å². The third kappa shape index (κ3) is 3.05. The molecule has 0 aliphatic rings. The Hall–Kier alpha value is -2.14. The minimum atomic E-state index is -0.699. The molecular weight excluding hydrogens is 252 g/mol. The van der Waals surface area contributed by atoms with Crippen LogP contribution in [-0.2, 0) is 11.8 Å². The number of aryl methyl sites for hydroxylation is 2. The second-order valence-corrected chi connectivity index (χ2v) is 5.01. The molecule has 2 aromatic rings. The van der Waals surface area contributed by atoms with Crippen LogP contribution in [0.25, 0.3) is 0 Å². The summed E-state index contributed by atoms with van der Waals surface area (Å²) in [7, 11) is 1.80. The number of benzene rings is 1. The van der Waals surface area contributed by atoms with Crippen LogP contribution in [0.3, 0.4) is 0 Å². The summed E-state index contributed by atoms with van der Waals surface area (Å²) in [6, 6.07) is 7.21. The lowest BCUT2D eigenvalue weighted by Gasteiger charge is -2.18. The number of nitrogens with zero attached hydrogens (tertiary/aromatic N) is 2. The Morgan fingerprint density at radius 3 is 2.70 bits per heavy atom. The van der Waals surface area contributed by atoms with Crippen LogP contribution in [-0.4, -0.2) is 15.7 Å². The number of nitrogens with one attached hydrogen (secondary N) is 1. The molecule has 0 spiro atoms. The van der Waals surface area contributed by atoms with Gasteiger partial charge in [0.15, 0.2) is 0 Å². The van der Waals surface area contributed by atoms with Gasteiger partial charge in [-0.05, 0) is 25.0 Å². The molecule has 1 amide bonds. The molecule has 1 unspecified atom stereocenters. The highest BCUT2D eigenvalue weighted by atomic mass is 16.2. The van der Waals surface area contributed by atoms with E-state index in [-0.39, 0.29) is 11.9 Å². The molecule has 1 aromatic carbocycles. The standard InChI is InChI=1S/C15H20N4O/c1-10-6-4-5-7-13(10)11(2)18-15(20)14(16)12-8-17-19(3)9-12/h4-9,11,14H,16H2,1-3H3,(H,18,20)/t11-,14?/m0/s1. The molecule has 1 aromatic heterocycles.